The first kappa shape index (κ1) is 17.7. The van der Waals surface area contributed by atoms with Crippen molar-refractivity contribution in [2.45, 2.75) is 38.3 Å². The molecule has 0 bridgehead atoms. The molecule has 1 atom stereocenters. The van der Waals surface area contributed by atoms with Crippen LogP contribution in [0.25, 0.3) is 33.3 Å². The lowest BCUT2D eigenvalue weighted by atomic mass is 10.1. The Hall–Kier alpha value is -3.19. The number of phenols is 1. The number of nitrogens with one attached hydrogen (secondary N) is 1. The van der Waals surface area contributed by atoms with Gasteiger partial charge in [0.25, 0.3) is 0 Å². The molecule has 0 amide bonds. The van der Waals surface area contributed by atoms with E-state index in [1.54, 1.807) is 19.1 Å². The molecule has 1 aliphatic heterocycles. The van der Waals surface area contributed by atoms with E-state index in [0.717, 1.165) is 42.3 Å². The van der Waals surface area contributed by atoms with Crippen LogP contribution >= 0.6 is 0 Å². The second-order valence-corrected chi connectivity index (χ2v) is 8.37. The van der Waals surface area contributed by atoms with Gasteiger partial charge in [-0.3, -0.25) is 0 Å². The zero-order valence-corrected chi connectivity index (χ0v) is 16.8. The van der Waals surface area contributed by atoms with Gasteiger partial charge in [-0.15, -0.1) is 0 Å². The minimum Gasteiger partial charge on any atom is -0.507 e. The summed E-state index contributed by atoms with van der Waals surface area (Å²) in [6.07, 6.45) is 5.62. The maximum Gasteiger partial charge on any atom is 0.192 e. The van der Waals surface area contributed by atoms with Gasteiger partial charge in [0.1, 0.15) is 17.1 Å². The molecule has 4 heterocycles. The van der Waals surface area contributed by atoms with Crippen molar-refractivity contribution in [1.82, 2.24) is 20.3 Å². The number of oxazole rings is 1. The fourth-order valence-corrected chi connectivity index (χ4v) is 4.31. The molecule has 2 fully saturated rings. The van der Waals surface area contributed by atoms with Crippen molar-refractivity contribution in [2.75, 3.05) is 18.0 Å². The lowest BCUT2D eigenvalue weighted by molar-refractivity contribution is 0.477. The fourth-order valence-electron chi connectivity index (χ4n) is 4.31. The number of aromatic nitrogens is 3. The van der Waals surface area contributed by atoms with Gasteiger partial charge in [-0.2, -0.15) is 0 Å². The van der Waals surface area contributed by atoms with Crippen molar-refractivity contribution in [3.05, 3.63) is 42.4 Å². The van der Waals surface area contributed by atoms with Crippen LogP contribution in [0.15, 0.2) is 40.9 Å². The zero-order chi connectivity index (χ0) is 20.2. The molecule has 1 saturated heterocycles. The zero-order valence-electron chi connectivity index (χ0n) is 16.8. The molecule has 1 aliphatic carbocycles. The van der Waals surface area contributed by atoms with E-state index in [-0.39, 0.29) is 5.75 Å². The lowest BCUT2D eigenvalue weighted by Gasteiger charge is -2.18. The Bertz CT molecular complexity index is 1260. The van der Waals surface area contributed by atoms with E-state index in [4.69, 9.17) is 9.40 Å². The van der Waals surface area contributed by atoms with E-state index < -0.39 is 0 Å². The summed E-state index contributed by atoms with van der Waals surface area (Å²) < 4.78 is 5.61. The number of rotatable bonds is 4. The number of aryl methyl sites for hydroxylation is 1. The van der Waals surface area contributed by atoms with Gasteiger partial charge in [0, 0.05) is 49.1 Å². The smallest absolute Gasteiger partial charge is 0.192 e. The van der Waals surface area contributed by atoms with Crippen LogP contribution < -0.4 is 10.2 Å². The average Bonchev–Trinajstić information content (AvgIpc) is 3.30. The second kappa shape index (κ2) is 6.67. The number of phenolic OH excluding ortho intramolecular Hbond substituents is 1. The molecule has 1 saturated carbocycles. The number of nitrogens with zero attached hydrogens (tertiary/aromatic N) is 4. The molecule has 1 unspecified atom stereocenters. The molecular weight excluding hydrogens is 378 g/mol. The van der Waals surface area contributed by atoms with E-state index in [1.807, 2.05) is 18.3 Å². The number of anilines is 1. The number of aromatic hydroxyl groups is 1. The summed E-state index contributed by atoms with van der Waals surface area (Å²) in [5, 5.41) is 15.2. The minimum atomic E-state index is 0.138. The summed E-state index contributed by atoms with van der Waals surface area (Å²) in [5.41, 5.74) is 3.38. The van der Waals surface area contributed by atoms with Crippen LogP contribution in [-0.2, 0) is 0 Å². The number of pyridine rings is 2. The highest BCUT2D eigenvalue weighted by Gasteiger charge is 2.29. The third kappa shape index (κ3) is 3.15. The van der Waals surface area contributed by atoms with Gasteiger partial charge in [-0.25, -0.2) is 15.0 Å². The van der Waals surface area contributed by atoms with Crippen LogP contribution in [0.2, 0.25) is 0 Å². The lowest BCUT2D eigenvalue weighted by Crippen LogP contribution is -2.34. The Morgan fingerprint density at radius 3 is 2.83 bits per heavy atom. The summed E-state index contributed by atoms with van der Waals surface area (Å²) >= 11 is 0. The SMILES string of the molecule is Cc1nc2cc(O)c(-c3ccc4cc(N5CCC(NC6CC6)C5)ncc4n3)cc2o1. The molecule has 0 radical (unpaired) electrons. The Morgan fingerprint density at radius 2 is 1.97 bits per heavy atom. The molecule has 4 aromatic rings. The Kier molecular flexibility index (Phi) is 3.92. The number of fused-ring (bicyclic) bond motifs is 2. The third-order valence-electron chi connectivity index (χ3n) is 6.01. The predicted molar refractivity (Wildman–Crippen MR) is 116 cm³/mol. The molecule has 6 rings (SSSR count). The number of benzene rings is 1. The molecule has 1 aromatic carbocycles. The van der Waals surface area contributed by atoms with Gasteiger partial charge in [0.15, 0.2) is 11.5 Å². The molecule has 2 aliphatic rings. The first-order chi connectivity index (χ1) is 14.6. The molecular formula is C23H23N5O2. The van der Waals surface area contributed by atoms with Gasteiger partial charge < -0.3 is 19.7 Å². The largest absolute Gasteiger partial charge is 0.507 e. The van der Waals surface area contributed by atoms with E-state index in [0.29, 0.717) is 34.3 Å². The van der Waals surface area contributed by atoms with Crippen molar-refractivity contribution in [2.24, 2.45) is 0 Å². The molecule has 152 valence electrons. The van der Waals surface area contributed by atoms with Gasteiger partial charge in [-0.05, 0) is 37.5 Å². The molecule has 2 N–H and O–H groups in total. The van der Waals surface area contributed by atoms with Gasteiger partial charge in [0.05, 0.1) is 17.4 Å². The standard InChI is InChI=1S/C23H23N5O2/c1-13-25-19-10-21(29)17(9-22(19)30-13)18-5-2-14-8-23(24-11-20(14)27-18)28-7-6-16(12-28)26-15-3-4-15/h2,5,8-11,15-16,26,29H,3-4,6-7,12H2,1H3. The number of hydrogen-bond donors (Lipinski definition) is 2. The third-order valence-corrected chi connectivity index (χ3v) is 6.01. The van der Waals surface area contributed by atoms with Crippen LogP contribution in [0.4, 0.5) is 5.82 Å². The second-order valence-electron chi connectivity index (χ2n) is 8.37. The molecule has 30 heavy (non-hydrogen) atoms. The quantitative estimate of drug-likeness (QED) is 0.538. The van der Waals surface area contributed by atoms with Crippen molar-refractivity contribution in [3.8, 4) is 17.0 Å². The van der Waals surface area contributed by atoms with E-state index in [2.05, 4.69) is 26.3 Å². The number of hydrogen-bond acceptors (Lipinski definition) is 7. The van der Waals surface area contributed by atoms with Crippen LogP contribution in [0, 0.1) is 6.92 Å². The predicted octanol–water partition coefficient (Wildman–Crippen LogP) is 3.78. The summed E-state index contributed by atoms with van der Waals surface area (Å²) in [6, 6.07) is 10.8. The summed E-state index contributed by atoms with van der Waals surface area (Å²) in [4.78, 5) is 16.0. The highest BCUT2D eigenvalue weighted by Crippen LogP contribution is 2.34. The van der Waals surface area contributed by atoms with E-state index in [1.165, 1.54) is 12.8 Å². The van der Waals surface area contributed by atoms with Crippen LogP contribution in [0.5, 0.6) is 5.75 Å². The summed E-state index contributed by atoms with van der Waals surface area (Å²) in [5.74, 6) is 1.71. The van der Waals surface area contributed by atoms with Gasteiger partial charge in [-0.1, -0.05) is 6.07 Å². The van der Waals surface area contributed by atoms with Gasteiger partial charge in [0.2, 0.25) is 0 Å². The topological polar surface area (TPSA) is 87.3 Å². The molecule has 7 nitrogen and oxygen atoms in total. The molecule has 7 heteroatoms. The minimum absolute atomic E-state index is 0.138. The van der Waals surface area contributed by atoms with Crippen molar-refractivity contribution >= 4 is 27.8 Å². The van der Waals surface area contributed by atoms with Crippen LogP contribution in [0.1, 0.15) is 25.2 Å². The highest BCUT2D eigenvalue weighted by atomic mass is 16.3. The van der Waals surface area contributed by atoms with E-state index >= 15 is 0 Å². The Labute approximate surface area is 173 Å². The highest BCUT2D eigenvalue weighted by molar-refractivity contribution is 5.87. The maximum absolute atomic E-state index is 10.5. The van der Waals surface area contributed by atoms with Gasteiger partial charge >= 0.3 is 0 Å². The normalized spacial score (nSPS) is 19.2. The van der Waals surface area contributed by atoms with Crippen molar-refractivity contribution in [1.29, 1.82) is 0 Å². The van der Waals surface area contributed by atoms with Crippen LogP contribution in [-0.4, -0.2) is 45.2 Å². The first-order valence-electron chi connectivity index (χ1n) is 10.5. The maximum atomic E-state index is 10.5. The first-order valence-corrected chi connectivity index (χ1v) is 10.5. The Morgan fingerprint density at radius 1 is 1.07 bits per heavy atom. The van der Waals surface area contributed by atoms with E-state index in [9.17, 15) is 5.11 Å². The molecule has 3 aromatic heterocycles. The van der Waals surface area contributed by atoms with Crippen LogP contribution in [0.3, 0.4) is 0 Å². The summed E-state index contributed by atoms with van der Waals surface area (Å²) in [7, 11) is 0. The monoisotopic (exact) mass is 401 g/mol. The fraction of sp³-hybridized carbons (Fsp3) is 0.348. The summed E-state index contributed by atoms with van der Waals surface area (Å²) in [6.45, 7) is 3.82. The Balaban J connectivity index is 1.30. The molecule has 0 spiro atoms. The average molecular weight is 401 g/mol. The van der Waals surface area contributed by atoms with Crippen molar-refractivity contribution in [3.63, 3.8) is 0 Å². The van der Waals surface area contributed by atoms with Crippen molar-refractivity contribution < 1.29 is 9.52 Å².